The fourth-order valence-corrected chi connectivity index (χ4v) is 6.60. The summed E-state index contributed by atoms with van der Waals surface area (Å²) in [5.74, 6) is 1.82. The molecular formula is C39H63N6O4+. The molecule has 3 heterocycles. The third-order valence-electron chi connectivity index (χ3n) is 9.37. The van der Waals surface area contributed by atoms with Gasteiger partial charge in [-0.2, -0.15) is 0 Å². The van der Waals surface area contributed by atoms with Crippen LogP contribution in [0.2, 0.25) is 0 Å². The Bertz CT molecular complexity index is 1430. The first-order valence-corrected chi connectivity index (χ1v) is 17.8. The molecule has 2 fully saturated rings. The number of carbonyl (C=O) groups is 2. The van der Waals surface area contributed by atoms with Gasteiger partial charge in [-0.3, -0.25) is 20.3 Å². The van der Waals surface area contributed by atoms with E-state index in [0.717, 1.165) is 48.2 Å². The second kappa shape index (κ2) is 18.6. The summed E-state index contributed by atoms with van der Waals surface area (Å²) in [7, 11) is 1.64. The molecule has 0 aliphatic carbocycles. The van der Waals surface area contributed by atoms with Crippen molar-refractivity contribution < 1.29 is 24.4 Å². The molecule has 0 bridgehead atoms. The van der Waals surface area contributed by atoms with Crippen molar-refractivity contribution in [2.45, 2.75) is 117 Å². The normalized spacial score (nSPS) is 24.6. The van der Waals surface area contributed by atoms with Gasteiger partial charge in [-0.05, 0) is 57.6 Å². The molecule has 0 radical (unpaired) electrons. The predicted molar refractivity (Wildman–Crippen MR) is 200 cm³/mol. The summed E-state index contributed by atoms with van der Waals surface area (Å²) >= 11 is 0. The van der Waals surface area contributed by atoms with Crippen molar-refractivity contribution in [1.29, 1.82) is 0 Å². The largest absolute Gasteiger partial charge is 0.492 e. The van der Waals surface area contributed by atoms with Gasteiger partial charge in [-0.15, -0.1) is 0 Å². The van der Waals surface area contributed by atoms with Crippen LogP contribution >= 0.6 is 0 Å². The number of likely N-dealkylation sites (N-methyl/N-ethyl adjacent to an activating group) is 1. The number of nitrogens with one attached hydrogen (secondary N) is 4. The van der Waals surface area contributed by atoms with Crippen LogP contribution in [0.4, 0.5) is 0 Å². The molecule has 4 atom stereocenters. The van der Waals surface area contributed by atoms with Gasteiger partial charge in [0.25, 0.3) is 11.8 Å². The number of benzene rings is 1. The molecule has 1 aromatic rings. The van der Waals surface area contributed by atoms with Crippen molar-refractivity contribution in [3.8, 4) is 5.75 Å². The Morgan fingerprint density at radius 3 is 2.55 bits per heavy atom. The van der Waals surface area contributed by atoms with Gasteiger partial charge in [-0.1, -0.05) is 84.1 Å². The lowest BCUT2D eigenvalue weighted by Crippen LogP contribution is -2.92. The van der Waals surface area contributed by atoms with Gasteiger partial charge in [0.15, 0.2) is 0 Å². The molecule has 7 N–H and O–H groups in total. The number of allylic oxidation sites excluding steroid dienone is 4. The number of nitrogens with zero attached hydrogens (tertiary/aromatic N) is 1. The third-order valence-corrected chi connectivity index (χ3v) is 9.37. The Morgan fingerprint density at radius 2 is 1.94 bits per heavy atom. The number of carbonyl (C=O) groups excluding carboxylic acids is 2. The van der Waals surface area contributed by atoms with Crippen molar-refractivity contribution in [3.63, 3.8) is 0 Å². The zero-order valence-electron chi connectivity index (χ0n) is 31.6. The lowest BCUT2D eigenvalue weighted by atomic mass is 9.79. The van der Waals surface area contributed by atoms with Crippen molar-refractivity contribution in [2.24, 2.45) is 5.73 Å². The van der Waals surface area contributed by atoms with Crippen LogP contribution in [0.3, 0.4) is 0 Å². The van der Waals surface area contributed by atoms with Crippen LogP contribution in [-0.2, 0) is 10.2 Å². The molecule has 0 saturated carbocycles. The first kappa shape index (κ1) is 41.1. The van der Waals surface area contributed by atoms with E-state index < -0.39 is 17.7 Å². The molecule has 1 aromatic carbocycles. The number of rotatable bonds is 9. The molecule has 10 heteroatoms. The number of amidine groups is 1. The van der Waals surface area contributed by atoms with Gasteiger partial charge >= 0.3 is 0 Å². The number of aliphatic hydroxyl groups is 1. The molecule has 4 rings (SSSR count). The van der Waals surface area contributed by atoms with Crippen LogP contribution < -0.4 is 31.4 Å². The Balaban J connectivity index is 0.000000440. The van der Waals surface area contributed by atoms with E-state index in [-0.39, 0.29) is 23.3 Å². The maximum atomic E-state index is 13.4. The SMILES string of the molecule is C=C1NC[C@H]([NH+]=C(N)CCC)[C@@]2(C)C(O)C(NC(=O)c3cccc4c3OCCC4(C)C)CN12.CC.C\C=C/C(C)=C\C(=C\CC)C(=O)NC. The minimum atomic E-state index is -0.816. The summed E-state index contributed by atoms with van der Waals surface area (Å²) in [6.45, 7) is 24.1. The number of aliphatic hydroxyl groups excluding tert-OH is 1. The fraction of sp³-hybridized carbons (Fsp3) is 0.564. The standard InChI is InChI=1S/C25H37N5O3.C12H19NO.C2H6/c1-6-8-20(26)29-19-13-27-15(2)30-14-18(22(31)25(19,30)5)28-23(32)16-9-7-10-17-21(16)33-12-11-24(17,3)4;1-5-7-10(3)9-11(8-6-2)12(14)13-4;1-2/h7,9-10,18-19,22,27,31H,2,6,8,11-14H2,1,3-5H3,(H2,26,29)(H,28,32);5,7-9H,6H2,1-4H3,(H,13,14);1-2H3/p+1/b;7-5-,10-9-,11-8-;/t18?,19-,22?,25-;;/m0../s1. The molecule has 3 aliphatic rings. The smallest absolute Gasteiger partial charge is 0.255 e. The summed E-state index contributed by atoms with van der Waals surface area (Å²) in [4.78, 5) is 30.2. The summed E-state index contributed by atoms with van der Waals surface area (Å²) in [6.07, 6.45) is 10.4. The van der Waals surface area contributed by atoms with E-state index in [1.54, 1.807) is 13.1 Å². The van der Waals surface area contributed by atoms with Crippen LogP contribution in [0.15, 0.2) is 66.0 Å². The Labute approximate surface area is 295 Å². The number of ether oxygens (including phenoxy) is 1. The van der Waals surface area contributed by atoms with Gasteiger partial charge in [0.1, 0.15) is 23.4 Å². The molecule has 2 unspecified atom stereocenters. The van der Waals surface area contributed by atoms with Crippen molar-refractivity contribution in [2.75, 3.05) is 26.7 Å². The van der Waals surface area contributed by atoms with Crippen LogP contribution in [-0.4, -0.2) is 78.1 Å². The van der Waals surface area contributed by atoms with E-state index in [1.807, 2.05) is 82.9 Å². The molecular weight excluding hydrogens is 616 g/mol. The highest BCUT2D eigenvalue weighted by atomic mass is 16.5. The quantitative estimate of drug-likeness (QED) is 0.101. The highest BCUT2D eigenvalue weighted by Crippen LogP contribution is 2.41. The van der Waals surface area contributed by atoms with Gasteiger partial charge < -0.3 is 30.7 Å². The predicted octanol–water partition coefficient (Wildman–Crippen LogP) is 3.58. The highest BCUT2D eigenvalue weighted by Gasteiger charge is 2.58. The van der Waals surface area contributed by atoms with Gasteiger partial charge in [-0.25, -0.2) is 0 Å². The molecule has 0 spiro atoms. The van der Waals surface area contributed by atoms with E-state index in [1.165, 1.54) is 0 Å². The average Bonchev–Trinajstić information content (AvgIpc) is 3.33. The first-order valence-electron chi connectivity index (χ1n) is 17.8. The summed E-state index contributed by atoms with van der Waals surface area (Å²) in [5, 5.41) is 20.5. The number of para-hydroxylation sites is 1. The monoisotopic (exact) mass is 679 g/mol. The van der Waals surface area contributed by atoms with Crippen LogP contribution in [0, 0.1) is 0 Å². The molecule has 3 aliphatic heterocycles. The fourth-order valence-electron chi connectivity index (χ4n) is 6.60. The van der Waals surface area contributed by atoms with Crippen LogP contribution in [0.1, 0.15) is 104 Å². The van der Waals surface area contributed by atoms with Gasteiger partial charge in [0, 0.05) is 31.1 Å². The summed E-state index contributed by atoms with van der Waals surface area (Å²) < 4.78 is 5.93. The molecule has 49 heavy (non-hydrogen) atoms. The topological polar surface area (TPSA) is 143 Å². The van der Waals surface area contributed by atoms with Crippen molar-refractivity contribution >= 4 is 17.6 Å². The van der Waals surface area contributed by atoms with Crippen molar-refractivity contribution in [3.05, 3.63) is 77.2 Å². The molecule has 0 aromatic heterocycles. The van der Waals surface area contributed by atoms with E-state index in [4.69, 9.17) is 10.5 Å². The van der Waals surface area contributed by atoms with Crippen LogP contribution in [0.25, 0.3) is 0 Å². The van der Waals surface area contributed by atoms with E-state index in [9.17, 15) is 14.7 Å². The van der Waals surface area contributed by atoms with E-state index in [2.05, 4.69) is 48.3 Å². The average molecular weight is 680 g/mol. The second-order valence-electron chi connectivity index (χ2n) is 13.4. The molecule has 2 amide bonds. The maximum absolute atomic E-state index is 13.4. The van der Waals surface area contributed by atoms with Crippen molar-refractivity contribution in [1.82, 2.24) is 20.9 Å². The summed E-state index contributed by atoms with van der Waals surface area (Å²) in [6, 6.07) is 5.11. The number of hydrogen-bond acceptors (Lipinski definition) is 6. The Hall–Kier alpha value is -4.05. The lowest BCUT2D eigenvalue weighted by Gasteiger charge is -2.46. The Kier molecular flexibility index (Phi) is 15.6. The van der Waals surface area contributed by atoms with E-state index in [0.29, 0.717) is 36.8 Å². The van der Waals surface area contributed by atoms with Crippen LogP contribution in [0.5, 0.6) is 5.75 Å². The minimum Gasteiger partial charge on any atom is -0.492 e. The van der Waals surface area contributed by atoms with Gasteiger partial charge in [0.2, 0.25) is 5.84 Å². The van der Waals surface area contributed by atoms with E-state index >= 15 is 0 Å². The summed E-state index contributed by atoms with van der Waals surface area (Å²) in [5.41, 5.74) is 8.82. The molecule has 10 nitrogen and oxygen atoms in total. The number of nitrogens with two attached hydrogens (primary N) is 1. The lowest BCUT2D eigenvalue weighted by molar-refractivity contribution is -0.525. The number of fused-ring (bicyclic) bond motifs is 2. The number of amides is 2. The maximum Gasteiger partial charge on any atom is 0.255 e. The number of hydrogen-bond donors (Lipinski definition) is 6. The molecule has 2 saturated heterocycles. The van der Waals surface area contributed by atoms with Gasteiger partial charge in [0.05, 0.1) is 30.6 Å². The third kappa shape index (κ3) is 9.78. The highest BCUT2D eigenvalue weighted by molar-refractivity contribution is 5.98. The Morgan fingerprint density at radius 1 is 1.24 bits per heavy atom. The minimum absolute atomic E-state index is 0.0318. The molecule has 272 valence electrons. The second-order valence-corrected chi connectivity index (χ2v) is 13.4. The first-order chi connectivity index (χ1) is 23.2. The zero-order valence-corrected chi connectivity index (χ0v) is 31.6. The zero-order chi connectivity index (χ0) is 36.9.